The summed E-state index contributed by atoms with van der Waals surface area (Å²) in [7, 11) is 5.19. The number of benzene rings is 1. The van der Waals surface area contributed by atoms with Gasteiger partial charge in [-0.1, -0.05) is 13.8 Å². The van der Waals surface area contributed by atoms with Crippen LogP contribution in [0, 0.1) is 5.41 Å². The van der Waals surface area contributed by atoms with Gasteiger partial charge in [0.15, 0.2) is 0 Å². The van der Waals surface area contributed by atoms with E-state index in [1.165, 1.54) is 0 Å². The van der Waals surface area contributed by atoms with Gasteiger partial charge in [0.1, 0.15) is 0 Å². The van der Waals surface area contributed by atoms with E-state index < -0.39 is 0 Å². The molecule has 0 radical (unpaired) electrons. The normalized spacial score (nSPS) is 11.3. The van der Waals surface area contributed by atoms with Crippen molar-refractivity contribution in [1.29, 1.82) is 0 Å². The van der Waals surface area contributed by atoms with Crippen molar-refractivity contribution in [2.24, 2.45) is 5.41 Å². The molecular formula is C16H27N3O2. The number of amides is 1. The third-order valence-corrected chi connectivity index (χ3v) is 3.42. The summed E-state index contributed by atoms with van der Waals surface area (Å²) >= 11 is 0. The second kappa shape index (κ2) is 7.31. The number of nitrogens with zero attached hydrogens (tertiary/aromatic N) is 1. The van der Waals surface area contributed by atoms with Gasteiger partial charge in [0.25, 0.3) is 5.91 Å². The molecule has 1 aromatic carbocycles. The van der Waals surface area contributed by atoms with E-state index in [1.54, 1.807) is 38.2 Å². The Balaban J connectivity index is 2.87. The number of hydrogen-bond acceptors (Lipinski definition) is 4. The molecule has 5 nitrogen and oxygen atoms in total. The number of carbonyl (C=O) groups excluding carboxylic acids is 1. The standard InChI is InChI=1S/C16H27N3O2/c1-16(2,8-9-21-5)11-18-14-10-12(17)6-7-13(14)15(20)19(3)4/h6-7,10,18H,8-9,11,17H2,1-5H3. The monoisotopic (exact) mass is 293 g/mol. The van der Waals surface area contributed by atoms with E-state index in [9.17, 15) is 4.79 Å². The maximum absolute atomic E-state index is 12.2. The summed E-state index contributed by atoms with van der Waals surface area (Å²) in [5, 5.41) is 3.36. The second-order valence-corrected chi connectivity index (χ2v) is 6.27. The summed E-state index contributed by atoms with van der Waals surface area (Å²) in [6.07, 6.45) is 0.940. The number of nitrogens with two attached hydrogens (primary N) is 1. The number of nitrogens with one attached hydrogen (secondary N) is 1. The maximum atomic E-state index is 12.2. The van der Waals surface area contributed by atoms with Crippen molar-refractivity contribution in [3.05, 3.63) is 23.8 Å². The Bertz CT molecular complexity index is 484. The molecule has 3 N–H and O–H groups in total. The molecule has 0 saturated carbocycles. The molecule has 1 rings (SSSR count). The zero-order valence-corrected chi connectivity index (χ0v) is 13.7. The third-order valence-electron chi connectivity index (χ3n) is 3.42. The van der Waals surface area contributed by atoms with Crippen LogP contribution >= 0.6 is 0 Å². The van der Waals surface area contributed by atoms with Crippen LogP contribution in [0.1, 0.15) is 30.6 Å². The zero-order chi connectivity index (χ0) is 16.0. The molecule has 21 heavy (non-hydrogen) atoms. The molecule has 0 aliphatic rings. The molecule has 0 atom stereocenters. The molecular weight excluding hydrogens is 266 g/mol. The molecule has 5 heteroatoms. The molecule has 0 aliphatic carbocycles. The molecule has 0 saturated heterocycles. The van der Waals surface area contributed by atoms with Crippen LogP contribution in [0.15, 0.2) is 18.2 Å². The van der Waals surface area contributed by atoms with E-state index >= 15 is 0 Å². The first kappa shape index (κ1) is 17.3. The number of rotatable bonds is 7. The largest absolute Gasteiger partial charge is 0.399 e. The molecule has 0 spiro atoms. The Hall–Kier alpha value is -1.75. The van der Waals surface area contributed by atoms with Crippen molar-refractivity contribution >= 4 is 17.3 Å². The van der Waals surface area contributed by atoms with Crippen LogP contribution in [-0.2, 0) is 4.74 Å². The van der Waals surface area contributed by atoms with Crippen molar-refractivity contribution < 1.29 is 9.53 Å². The van der Waals surface area contributed by atoms with E-state index in [4.69, 9.17) is 10.5 Å². The highest BCUT2D eigenvalue weighted by molar-refractivity contribution is 6.00. The lowest BCUT2D eigenvalue weighted by atomic mass is 9.89. The van der Waals surface area contributed by atoms with E-state index in [1.807, 2.05) is 6.07 Å². The lowest BCUT2D eigenvalue weighted by Crippen LogP contribution is -2.27. The van der Waals surface area contributed by atoms with Crippen LogP contribution in [0.2, 0.25) is 0 Å². The lowest BCUT2D eigenvalue weighted by Gasteiger charge is -2.26. The summed E-state index contributed by atoms with van der Waals surface area (Å²) in [6, 6.07) is 5.32. The Morgan fingerprint density at radius 3 is 2.62 bits per heavy atom. The molecule has 0 aliphatic heterocycles. The van der Waals surface area contributed by atoms with Gasteiger partial charge in [-0.05, 0) is 30.0 Å². The summed E-state index contributed by atoms with van der Waals surface area (Å²) in [6.45, 7) is 5.79. The molecule has 0 aromatic heterocycles. The van der Waals surface area contributed by atoms with E-state index in [2.05, 4.69) is 19.2 Å². The fraction of sp³-hybridized carbons (Fsp3) is 0.562. The van der Waals surface area contributed by atoms with Gasteiger partial charge in [-0.3, -0.25) is 4.79 Å². The minimum atomic E-state index is -0.0350. The van der Waals surface area contributed by atoms with Crippen LogP contribution < -0.4 is 11.1 Å². The van der Waals surface area contributed by atoms with Crippen molar-refractivity contribution in [3.8, 4) is 0 Å². The summed E-state index contributed by atoms with van der Waals surface area (Å²) in [4.78, 5) is 13.8. The van der Waals surface area contributed by atoms with Gasteiger partial charge < -0.3 is 20.7 Å². The maximum Gasteiger partial charge on any atom is 0.255 e. The number of carbonyl (C=O) groups is 1. The van der Waals surface area contributed by atoms with Crippen LogP contribution in [0.3, 0.4) is 0 Å². The molecule has 1 amide bonds. The molecule has 0 heterocycles. The summed E-state index contributed by atoms with van der Waals surface area (Å²) in [5.74, 6) is -0.0350. The SMILES string of the molecule is COCCC(C)(C)CNc1cc(N)ccc1C(=O)N(C)C. The van der Waals surface area contributed by atoms with Crippen molar-refractivity contribution in [2.75, 3.05) is 45.4 Å². The molecule has 0 bridgehead atoms. The van der Waals surface area contributed by atoms with Crippen LogP contribution in [0.5, 0.6) is 0 Å². The average molecular weight is 293 g/mol. The van der Waals surface area contributed by atoms with Gasteiger partial charge in [-0.2, -0.15) is 0 Å². The molecule has 118 valence electrons. The smallest absolute Gasteiger partial charge is 0.255 e. The minimum Gasteiger partial charge on any atom is -0.399 e. The first-order valence-electron chi connectivity index (χ1n) is 7.11. The van der Waals surface area contributed by atoms with Gasteiger partial charge in [0.05, 0.1) is 5.56 Å². The highest BCUT2D eigenvalue weighted by atomic mass is 16.5. The van der Waals surface area contributed by atoms with Crippen LogP contribution in [-0.4, -0.2) is 45.2 Å². The number of ether oxygens (including phenoxy) is 1. The predicted molar refractivity (Wildman–Crippen MR) is 87.6 cm³/mol. The van der Waals surface area contributed by atoms with E-state index in [0.717, 1.165) is 25.3 Å². The fourth-order valence-corrected chi connectivity index (χ4v) is 1.94. The van der Waals surface area contributed by atoms with E-state index in [-0.39, 0.29) is 11.3 Å². The number of hydrogen-bond donors (Lipinski definition) is 2. The first-order chi connectivity index (χ1) is 9.76. The van der Waals surface area contributed by atoms with Crippen molar-refractivity contribution in [1.82, 2.24) is 4.90 Å². The number of methoxy groups -OCH3 is 1. The Morgan fingerprint density at radius 1 is 1.38 bits per heavy atom. The van der Waals surface area contributed by atoms with Gasteiger partial charge in [-0.25, -0.2) is 0 Å². The number of nitrogen functional groups attached to an aromatic ring is 1. The lowest BCUT2D eigenvalue weighted by molar-refractivity contribution is 0.0828. The first-order valence-corrected chi connectivity index (χ1v) is 7.11. The van der Waals surface area contributed by atoms with Gasteiger partial charge in [0.2, 0.25) is 0 Å². The Morgan fingerprint density at radius 2 is 2.05 bits per heavy atom. The third kappa shape index (κ3) is 5.27. The topological polar surface area (TPSA) is 67.6 Å². The zero-order valence-electron chi connectivity index (χ0n) is 13.7. The molecule has 0 unspecified atom stereocenters. The van der Waals surface area contributed by atoms with Gasteiger partial charge >= 0.3 is 0 Å². The fourth-order valence-electron chi connectivity index (χ4n) is 1.94. The van der Waals surface area contributed by atoms with Gasteiger partial charge in [0, 0.05) is 45.7 Å². The highest BCUT2D eigenvalue weighted by Gasteiger charge is 2.19. The summed E-state index contributed by atoms with van der Waals surface area (Å²) in [5.41, 5.74) is 7.96. The number of anilines is 2. The minimum absolute atomic E-state index is 0.0350. The summed E-state index contributed by atoms with van der Waals surface area (Å²) < 4.78 is 5.13. The highest BCUT2D eigenvalue weighted by Crippen LogP contribution is 2.25. The average Bonchev–Trinajstić information content (AvgIpc) is 2.42. The Kier molecular flexibility index (Phi) is 6.03. The van der Waals surface area contributed by atoms with Crippen LogP contribution in [0.25, 0.3) is 0 Å². The molecule has 0 fully saturated rings. The second-order valence-electron chi connectivity index (χ2n) is 6.27. The van der Waals surface area contributed by atoms with Crippen molar-refractivity contribution in [2.45, 2.75) is 20.3 Å². The Labute approximate surface area is 127 Å². The predicted octanol–water partition coefficient (Wildman–Crippen LogP) is 2.45. The van der Waals surface area contributed by atoms with Crippen molar-refractivity contribution in [3.63, 3.8) is 0 Å². The van der Waals surface area contributed by atoms with E-state index in [0.29, 0.717) is 11.3 Å². The quantitative estimate of drug-likeness (QED) is 0.758. The molecule has 1 aromatic rings. The van der Waals surface area contributed by atoms with Gasteiger partial charge in [-0.15, -0.1) is 0 Å². The van der Waals surface area contributed by atoms with Crippen LogP contribution in [0.4, 0.5) is 11.4 Å².